The van der Waals surface area contributed by atoms with E-state index >= 15 is 0 Å². The number of carbonyl (C=O) groups excluding carboxylic acids is 1. The van der Waals surface area contributed by atoms with E-state index < -0.39 is 5.60 Å². The lowest BCUT2D eigenvalue weighted by molar-refractivity contribution is -0.232. The zero-order valence-corrected chi connectivity index (χ0v) is 14.6. The van der Waals surface area contributed by atoms with Gasteiger partial charge in [-0.05, 0) is 81.5 Å². The lowest BCUT2D eigenvalue weighted by atomic mass is 9.39. The molecule has 23 heavy (non-hydrogen) atoms. The maximum absolute atomic E-state index is 13.1. The Kier molecular flexibility index (Phi) is 2.66. The largest absolute Gasteiger partial charge is 0.465 e. The Labute approximate surface area is 139 Å². The van der Waals surface area contributed by atoms with Crippen LogP contribution >= 0.6 is 0 Å². The Hall–Kier alpha value is -0.570. The summed E-state index contributed by atoms with van der Waals surface area (Å²) in [7, 11) is 0. The standard InChI is InChI=1S/C20H30O3/c1-17-7-3-8-20(16(21)23-12-17)14(17)6-9-19-10-13(4-5-15(19)20)18(2,22)11-19/h13-15,22H,3-12H2,1-2H3/t13-,14-,15-,17?,18+,19+,20+/m0/s1. The number of cyclic esters (lactones) is 1. The van der Waals surface area contributed by atoms with Gasteiger partial charge < -0.3 is 9.84 Å². The van der Waals surface area contributed by atoms with Crippen LogP contribution in [0.3, 0.4) is 0 Å². The summed E-state index contributed by atoms with van der Waals surface area (Å²) in [6, 6.07) is 0. The van der Waals surface area contributed by atoms with Crippen LogP contribution in [0, 0.1) is 34.0 Å². The van der Waals surface area contributed by atoms with Gasteiger partial charge in [0, 0.05) is 5.41 Å². The lowest BCUT2D eigenvalue weighted by Gasteiger charge is -2.65. The molecule has 1 aliphatic heterocycles. The molecule has 4 aliphatic carbocycles. The molecule has 1 unspecified atom stereocenters. The highest BCUT2D eigenvalue weighted by Gasteiger charge is 2.72. The van der Waals surface area contributed by atoms with E-state index in [4.69, 9.17) is 4.74 Å². The van der Waals surface area contributed by atoms with Gasteiger partial charge in [-0.25, -0.2) is 0 Å². The van der Waals surface area contributed by atoms with Gasteiger partial charge in [0.15, 0.2) is 0 Å². The molecule has 0 aromatic rings. The number of hydrogen-bond acceptors (Lipinski definition) is 3. The van der Waals surface area contributed by atoms with E-state index in [0.29, 0.717) is 24.4 Å². The Morgan fingerprint density at radius 3 is 2.74 bits per heavy atom. The van der Waals surface area contributed by atoms with Crippen LogP contribution in [-0.2, 0) is 9.53 Å². The van der Waals surface area contributed by atoms with Gasteiger partial charge >= 0.3 is 5.97 Å². The average Bonchev–Trinajstić information content (AvgIpc) is 2.68. The third-order valence-corrected chi connectivity index (χ3v) is 9.05. The van der Waals surface area contributed by atoms with Gasteiger partial charge in [0.1, 0.15) is 0 Å². The minimum absolute atomic E-state index is 0.119. The van der Waals surface area contributed by atoms with Crippen molar-refractivity contribution in [2.45, 2.75) is 77.2 Å². The number of esters is 1. The SMILES string of the molecule is CC12CCC[C@@]3(C(=O)OC1)[C@H]2CC[C@]12C[C@H](CC[C@@H]13)[C@](C)(O)C2. The zero-order valence-electron chi connectivity index (χ0n) is 14.6. The minimum Gasteiger partial charge on any atom is -0.465 e. The van der Waals surface area contributed by atoms with Crippen LogP contribution in [0.1, 0.15) is 71.6 Å². The molecule has 3 heteroatoms. The van der Waals surface area contributed by atoms with Crippen molar-refractivity contribution in [3.05, 3.63) is 0 Å². The molecule has 5 aliphatic rings. The molecule has 5 rings (SSSR count). The van der Waals surface area contributed by atoms with E-state index in [-0.39, 0.29) is 22.2 Å². The summed E-state index contributed by atoms with van der Waals surface area (Å²) in [4.78, 5) is 13.1. The van der Waals surface area contributed by atoms with Crippen molar-refractivity contribution in [1.29, 1.82) is 0 Å². The molecular formula is C20H30O3. The summed E-state index contributed by atoms with van der Waals surface area (Å²) in [5.74, 6) is 1.53. The van der Waals surface area contributed by atoms with E-state index in [9.17, 15) is 9.90 Å². The lowest BCUT2D eigenvalue weighted by Crippen LogP contribution is -2.65. The van der Waals surface area contributed by atoms with E-state index in [1.54, 1.807) is 0 Å². The second kappa shape index (κ2) is 4.15. The molecule has 1 heterocycles. The first-order valence-corrected chi connectivity index (χ1v) is 9.72. The maximum atomic E-state index is 13.1. The third-order valence-electron chi connectivity index (χ3n) is 9.05. The van der Waals surface area contributed by atoms with Crippen molar-refractivity contribution in [2.24, 2.45) is 34.0 Å². The number of ether oxygens (including phenoxy) is 1. The van der Waals surface area contributed by atoms with E-state index in [1.165, 1.54) is 25.7 Å². The molecule has 7 atom stereocenters. The Morgan fingerprint density at radius 1 is 1.09 bits per heavy atom. The van der Waals surface area contributed by atoms with Crippen LogP contribution in [0.5, 0.6) is 0 Å². The van der Waals surface area contributed by atoms with Gasteiger partial charge in [-0.3, -0.25) is 4.79 Å². The summed E-state index contributed by atoms with van der Waals surface area (Å²) in [5, 5.41) is 10.9. The fourth-order valence-corrected chi connectivity index (χ4v) is 8.30. The average molecular weight is 318 g/mol. The third kappa shape index (κ3) is 1.59. The Morgan fingerprint density at radius 2 is 1.91 bits per heavy atom. The van der Waals surface area contributed by atoms with Gasteiger partial charge in [0.2, 0.25) is 0 Å². The van der Waals surface area contributed by atoms with Crippen molar-refractivity contribution in [3.63, 3.8) is 0 Å². The molecule has 0 radical (unpaired) electrons. The zero-order chi connectivity index (χ0) is 16.1. The molecule has 0 aromatic carbocycles. The van der Waals surface area contributed by atoms with Crippen LogP contribution in [0.15, 0.2) is 0 Å². The summed E-state index contributed by atoms with van der Waals surface area (Å²) >= 11 is 0. The van der Waals surface area contributed by atoms with Crippen LogP contribution in [0.25, 0.3) is 0 Å². The molecule has 5 fully saturated rings. The van der Waals surface area contributed by atoms with E-state index in [0.717, 1.165) is 32.1 Å². The van der Waals surface area contributed by atoms with Crippen molar-refractivity contribution in [1.82, 2.24) is 0 Å². The van der Waals surface area contributed by atoms with E-state index in [1.807, 2.05) is 6.92 Å². The molecule has 0 aromatic heterocycles. The van der Waals surface area contributed by atoms with Crippen LogP contribution in [-0.4, -0.2) is 23.3 Å². The summed E-state index contributed by atoms with van der Waals surface area (Å²) in [6.45, 7) is 5.05. The van der Waals surface area contributed by atoms with Crippen molar-refractivity contribution in [3.8, 4) is 0 Å². The minimum atomic E-state index is -0.519. The van der Waals surface area contributed by atoms with Gasteiger partial charge in [0.05, 0.1) is 17.6 Å². The number of aliphatic hydroxyl groups is 1. The smallest absolute Gasteiger partial charge is 0.312 e. The molecule has 4 saturated carbocycles. The number of fused-ring (bicyclic) bond motifs is 1. The van der Waals surface area contributed by atoms with Crippen molar-refractivity contribution < 1.29 is 14.6 Å². The van der Waals surface area contributed by atoms with Gasteiger partial charge in [0.25, 0.3) is 0 Å². The van der Waals surface area contributed by atoms with Gasteiger partial charge in [-0.2, -0.15) is 0 Å². The van der Waals surface area contributed by atoms with Crippen molar-refractivity contribution in [2.75, 3.05) is 6.61 Å². The van der Waals surface area contributed by atoms with Gasteiger partial charge in [-0.1, -0.05) is 13.3 Å². The second-order valence-corrected chi connectivity index (χ2v) is 10.1. The highest BCUT2D eigenvalue weighted by atomic mass is 16.5. The first-order chi connectivity index (χ1) is 10.8. The molecule has 1 spiro atoms. The monoisotopic (exact) mass is 318 g/mol. The maximum Gasteiger partial charge on any atom is 0.312 e. The van der Waals surface area contributed by atoms with Crippen LogP contribution in [0.2, 0.25) is 0 Å². The molecule has 3 nitrogen and oxygen atoms in total. The molecule has 1 saturated heterocycles. The summed E-state index contributed by atoms with van der Waals surface area (Å²) in [6.07, 6.45) is 10.1. The number of rotatable bonds is 0. The molecule has 128 valence electrons. The quantitative estimate of drug-likeness (QED) is 0.693. The highest BCUT2D eigenvalue weighted by Crippen LogP contribution is 2.74. The molecule has 0 amide bonds. The fourth-order valence-electron chi connectivity index (χ4n) is 8.30. The van der Waals surface area contributed by atoms with Crippen LogP contribution < -0.4 is 0 Å². The first-order valence-electron chi connectivity index (χ1n) is 9.72. The number of carbonyl (C=O) groups is 1. The van der Waals surface area contributed by atoms with Crippen molar-refractivity contribution >= 4 is 5.97 Å². The molecule has 1 N–H and O–H groups in total. The first kappa shape index (κ1) is 14.7. The second-order valence-electron chi connectivity index (χ2n) is 10.1. The highest BCUT2D eigenvalue weighted by molar-refractivity contribution is 5.79. The Bertz CT molecular complexity index is 569. The predicted octanol–water partition coefficient (Wildman–Crippen LogP) is 3.69. The van der Waals surface area contributed by atoms with Crippen LogP contribution in [0.4, 0.5) is 0 Å². The topological polar surface area (TPSA) is 46.5 Å². The molecule has 4 bridgehead atoms. The normalized spacial score (nSPS) is 60.7. The van der Waals surface area contributed by atoms with Gasteiger partial charge in [-0.15, -0.1) is 0 Å². The fraction of sp³-hybridized carbons (Fsp3) is 0.950. The predicted molar refractivity (Wildman–Crippen MR) is 86.6 cm³/mol. The van der Waals surface area contributed by atoms with E-state index in [2.05, 4.69) is 6.92 Å². The summed E-state index contributed by atoms with van der Waals surface area (Å²) in [5.41, 5.74) is -0.340. The Balaban J connectivity index is 1.63. The molecular weight excluding hydrogens is 288 g/mol. The number of hydrogen-bond donors (Lipinski definition) is 1. The summed E-state index contributed by atoms with van der Waals surface area (Å²) < 4.78 is 5.81.